The highest BCUT2D eigenvalue weighted by Gasteiger charge is 2.48. The van der Waals surface area contributed by atoms with Crippen molar-refractivity contribution in [2.45, 2.75) is 31.1 Å². The Morgan fingerprint density at radius 2 is 1.57 bits per heavy atom. The van der Waals surface area contributed by atoms with Gasteiger partial charge in [-0.3, -0.25) is 9.59 Å². The minimum absolute atomic E-state index is 0.133. The van der Waals surface area contributed by atoms with Crippen molar-refractivity contribution in [2.24, 2.45) is 0 Å². The topological polar surface area (TPSA) is 34.1 Å². The molecule has 0 heterocycles. The lowest BCUT2D eigenvalue weighted by atomic mass is 9.73. The number of ketones is 2. The molecule has 2 aliphatic carbocycles. The van der Waals surface area contributed by atoms with Gasteiger partial charge in [0.1, 0.15) is 5.78 Å². The fourth-order valence-corrected chi connectivity index (χ4v) is 3.91. The van der Waals surface area contributed by atoms with Crippen LogP contribution in [0.15, 0.2) is 48.5 Å². The van der Waals surface area contributed by atoms with Gasteiger partial charge in [0.25, 0.3) is 0 Å². The van der Waals surface area contributed by atoms with Crippen LogP contribution in [0.25, 0.3) is 0 Å². The molecule has 0 saturated heterocycles. The molecular formula is C19H16O2. The van der Waals surface area contributed by atoms with Gasteiger partial charge in [-0.05, 0) is 29.5 Å². The minimum atomic E-state index is -0.625. The van der Waals surface area contributed by atoms with Gasteiger partial charge in [0.05, 0.1) is 5.41 Å². The SMILES string of the molecule is O=C1CCC2(C1)C(=O)c1ccccc1Cc1ccccc12. The van der Waals surface area contributed by atoms with Crippen LogP contribution in [-0.4, -0.2) is 11.6 Å². The summed E-state index contributed by atoms with van der Waals surface area (Å²) in [5.74, 6) is 0.339. The predicted octanol–water partition coefficient (Wildman–Crippen LogP) is 3.46. The Morgan fingerprint density at radius 1 is 0.857 bits per heavy atom. The number of Topliss-reactive ketones (excluding diaryl/α,β-unsaturated/α-hetero) is 2. The van der Waals surface area contributed by atoms with Crippen molar-refractivity contribution < 1.29 is 9.59 Å². The lowest BCUT2D eigenvalue weighted by molar-refractivity contribution is -0.117. The molecule has 0 aromatic heterocycles. The molecule has 1 unspecified atom stereocenters. The fraction of sp³-hybridized carbons (Fsp3) is 0.263. The van der Waals surface area contributed by atoms with Crippen LogP contribution in [0.1, 0.15) is 46.3 Å². The van der Waals surface area contributed by atoms with Gasteiger partial charge < -0.3 is 0 Å². The van der Waals surface area contributed by atoms with Crippen molar-refractivity contribution in [2.75, 3.05) is 0 Å². The second-order valence-electron chi connectivity index (χ2n) is 6.12. The van der Waals surface area contributed by atoms with E-state index in [1.54, 1.807) is 0 Å². The first-order valence-corrected chi connectivity index (χ1v) is 7.43. The number of benzene rings is 2. The molecule has 2 aromatic rings. The molecule has 0 aliphatic heterocycles. The molecule has 2 aromatic carbocycles. The van der Waals surface area contributed by atoms with Crippen molar-refractivity contribution in [1.82, 2.24) is 0 Å². The molecule has 104 valence electrons. The van der Waals surface area contributed by atoms with Crippen LogP contribution in [0, 0.1) is 0 Å². The highest BCUT2D eigenvalue weighted by molar-refractivity contribution is 6.09. The zero-order valence-corrected chi connectivity index (χ0v) is 11.8. The van der Waals surface area contributed by atoms with Crippen LogP contribution < -0.4 is 0 Å². The average Bonchev–Trinajstić information content (AvgIpc) is 2.86. The summed E-state index contributed by atoms with van der Waals surface area (Å²) >= 11 is 0. The van der Waals surface area contributed by atoms with E-state index in [9.17, 15) is 9.59 Å². The zero-order valence-electron chi connectivity index (χ0n) is 11.8. The molecule has 0 radical (unpaired) electrons. The molecule has 4 rings (SSSR count). The Hall–Kier alpha value is -2.22. The molecule has 1 atom stereocenters. The molecule has 0 bridgehead atoms. The van der Waals surface area contributed by atoms with Crippen molar-refractivity contribution in [3.05, 3.63) is 70.8 Å². The van der Waals surface area contributed by atoms with E-state index in [2.05, 4.69) is 6.07 Å². The van der Waals surface area contributed by atoms with Crippen LogP contribution in [0.4, 0.5) is 0 Å². The lowest BCUT2D eigenvalue weighted by Gasteiger charge is -2.27. The van der Waals surface area contributed by atoms with E-state index >= 15 is 0 Å². The van der Waals surface area contributed by atoms with E-state index in [0.717, 1.165) is 23.1 Å². The third-order valence-corrected chi connectivity index (χ3v) is 4.94. The highest BCUT2D eigenvalue weighted by atomic mass is 16.1. The largest absolute Gasteiger partial charge is 0.300 e. The van der Waals surface area contributed by atoms with Gasteiger partial charge in [0.2, 0.25) is 0 Å². The standard InChI is InChI=1S/C19H16O2/c20-15-9-10-19(12-15)17-8-4-2-6-14(17)11-13-5-1-3-7-16(13)18(19)21/h1-8H,9-12H2. The molecule has 1 fully saturated rings. The molecule has 21 heavy (non-hydrogen) atoms. The second kappa shape index (κ2) is 4.39. The Kier molecular flexibility index (Phi) is 2.61. The highest BCUT2D eigenvalue weighted by Crippen LogP contribution is 2.46. The normalized spacial score (nSPS) is 23.8. The Labute approximate surface area is 123 Å². The minimum Gasteiger partial charge on any atom is -0.300 e. The van der Waals surface area contributed by atoms with Crippen LogP contribution in [0.3, 0.4) is 0 Å². The summed E-state index contributed by atoms with van der Waals surface area (Å²) in [6.07, 6.45) is 2.30. The molecule has 0 amide bonds. The van der Waals surface area contributed by atoms with Gasteiger partial charge in [-0.15, -0.1) is 0 Å². The Balaban J connectivity index is 2.02. The van der Waals surface area contributed by atoms with E-state index in [-0.39, 0.29) is 11.6 Å². The smallest absolute Gasteiger partial charge is 0.174 e. The maximum atomic E-state index is 13.2. The first-order valence-electron chi connectivity index (χ1n) is 7.43. The number of carbonyl (C=O) groups excluding carboxylic acids is 2. The van der Waals surface area contributed by atoms with Crippen molar-refractivity contribution in [3.63, 3.8) is 0 Å². The van der Waals surface area contributed by atoms with Crippen molar-refractivity contribution in [3.8, 4) is 0 Å². The first-order chi connectivity index (χ1) is 10.2. The van der Waals surface area contributed by atoms with Crippen LogP contribution >= 0.6 is 0 Å². The summed E-state index contributed by atoms with van der Waals surface area (Å²) in [7, 11) is 0. The third-order valence-electron chi connectivity index (χ3n) is 4.94. The maximum Gasteiger partial charge on any atom is 0.174 e. The number of rotatable bonds is 0. The Bertz CT molecular complexity index is 760. The van der Waals surface area contributed by atoms with Gasteiger partial charge in [0.15, 0.2) is 5.78 Å². The van der Waals surface area contributed by atoms with E-state index in [4.69, 9.17) is 0 Å². The van der Waals surface area contributed by atoms with Crippen molar-refractivity contribution >= 4 is 11.6 Å². The van der Waals surface area contributed by atoms with E-state index in [0.29, 0.717) is 19.3 Å². The fourth-order valence-electron chi connectivity index (χ4n) is 3.91. The van der Waals surface area contributed by atoms with Gasteiger partial charge >= 0.3 is 0 Å². The van der Waals surface area contributed by atoms with Crippen LogP contribution in [0.5, 0.6) is 0 Å². The summed E-state index contributed by atoms with van der Waals surface area (Å²) in [4.78, 5) is 25.2. The van der Waals surface area contributed by atoms with Gasteiger partial charge in [-0.25, -0.2) is 0 Å². The zero-order chi connectivity index (χ0) is 14.4. The summed E-state index contributed by atoms with van der Waals surface area (Å²) < 4.78 is 0. The third kappa shape index (κ3) is 1.72. The van der Waals surface area contributed by atoms with E-state index in [1.165, 1.54) is 5.56 Å². The monoisotopic (exact) mass is 276 g/mol. The lowest BCUT2D eigenvalue weighted by Crippen LogP contribution is -2.33. The number of carbonyl (C=O) groups is 2. The number of fused-ring (bicyclic) bond motifs is 3. The predicted molar refractivity (Wildman–Crippen MR) is 80.6 cm³/mol. The molecule has 2 nitrogen and oxygen atoms in total. The van der Waals surface area contributed by atoms with Gasteiger partial charge in [-0.1, -0.05) is 48.5 Å². The van der Waals surface area contributed by atoms with Crippen LogP contribution in [-0.2, 0) is 16.6 Å². The summed E-state index contributed by atoms with van der Waals surface area (Å²) in [5, 5.41) is 0. The molecular weight excluding hydrogens is 260 g/mol. The average molecular weight is 276 g/mol. The second-order valence-corrected chi connectivity index (χ2v) is 6.12. The number of hydrogen-bond acceptors (Lipinski definition) is 2. The Morgan fingerprint density at radius 3 is 2.33 bits per heavy atom. The van der Waals surface area contributed by atoms with Crippen molar-refractivity contribution in [1.29, 1.82) is 0 Å². The summed E-state index contributed by atoms with van der Waals surface area (Å²) in [6.45, 7) is 0. The first kappa shape index (κ1) is 12.5. The van der Waals surface area contributed by atoms with E-state index < -0.39 is 5.41 Å². The molecule has 1 saturated carbocycles. The maximum absolute atomic E-state index is 13.2. The van der Waals surface area contributed by atoms with E-state index in [1.807, 2.05) is 42.5 Å². The molecule has 2 aliphatic rings. The van der Waals surface area contributed by atoms with Gasteiger partial charge in [0, 0.05) is 18.4 Å². The summed E-state index contributed by atoms with van der Waals surface area (Å²) in [5.41, 5.74) is 3.50. The summed E-state index contributed by atoms with van der Waals surface area (Å²) in [6, 6.07) is 16.0. The van der Waals surface area contributed by atoms with Gasteiger partial charge in [-0.2, -0.15) is 0 Å². The number of hydrogen-bond donors (Lipinski definition) is 0. The molecule has 1 spiro atoms. The quantitative estimate of drug-likeness (QED) is 0.738. The molecule has 2 heteroatoms. The van der Waals surface area contributed by atoms with Crippen LogP contribution in [0.2, 0.25) is 0 Å². The molecule has 0 N–H and O–H groups in total.